The van der Waals surface area contributed by atoms with E-state index < -0.39 is 9.84 Å². The maximum atomic E-state index is 12.2. The van der Waals surface area contributed by atoms with E-state index in [1.165, 1.54) is 21.2 Å². The number of carbonyl (C=O) groups is 1. The van der Waals surface area contributed by atoms with Crippen LogP contribution >= 0.6 is 11.8 Å². The molecule has 2 aromatic carbocycles. The average Bonchev–Trinajstić information content (AvgIpc) is 3.04. The zero-order valence-corrected chi connectivity index (χ0v) is 16.6. The molecule has 0 aromatic heterocycles. The topological polar surface area (TPSA) is 66.5 Å². The molecule has 1 fully saturated rings. The van der Waals surface area contributed by atoms with Crippen molar-refractivity contribution in [3.8, 4) is 0 Å². The number of carbonyl (C=O) groups excluding carboxylic acids is 1. The van der Waals surface area contributed by atoms with E-state index in [0.717, 1.165) is 13.0 Å². The van der Waals surface area contributed by atoms with Gasteiger partial charge >= 0.3 is 0 Å². The van der Waals surface area contributed by atoms with Gasteiger partial charge in [0.1, 0.15) is 0 Å². The molecule has 1 atom stereocenters. The maximum Gasteiger partial charge on any atom is 0.224 e. The Morgan fingerprint density at radius 3 is 2.30 bits per heavy atom. The highest BCUT2D eigenvalue weighted by Crippen LogP contribution is 2.47. The van der Waals surface area contributed by atoms with E-state index in [0.29, 0.717) is 13.0 Å². The maximum absolute atomic E-state index is 12.2. The Morgan fingerprint density at radius 1 is 1.07 bits per heavy atom. The molecule has 7 heteroatoms. The summed E-state index contributed by atoms with van der Waals surface area (Å²) in [7, 11) is -3.03. The van der Waals surface area contributed by atoms with Gasteiger partial charge in [0.05, 0.1) is 28.8 Å². The number of rotatable bonds is 5. The molecule has 0 saturated carbocycles. The van der Waals surface area contributed by atoms with E-state index in [1.807, 2.05) is 24.3 Å². The number of sulfone groups is 1. The SMILES string of the molecule is O=C(NCCCN1c2ccccc2Sc2ccccc21)C1CCS(=O)(=O)C1. The van der Waals surface area contributed by atoms with Crippen LogP contribution in [0.1, 0.15) is 12.8 Å². The van der Waals surface area contributed by atoms with Crippen molar-refractivity contribution in [1.82, 2.24) is 5.32 Å². The normalized spacial score (nSPS) is 20.0. The fraction of sp³-hybridized carbons (Fsp3) is 0.350. The van der Waals surface area contributed by atoms with E-state index in [4.69, 9.17) is 0 Å². The molecule has 142 valence electrons. The molecule has 0 spiro atoms. The Labute approximate surface area is 164 Å². The fourth-order valence-corrected chi connectivity index (χ4v) is 6.45. The number of amides is 1. The summed E-state index contributed by atoms with van der Waals surface area (Å²) in [6.07, 6.45) is 1.23. The number of hydrogen-bond acceptors (Lipinski definition) is 5. The number of nitrogens with one attached hydrogen (secondary N) is 1. The second-order valence-electron chi connectivity index (χ2n) is 6.93. The molecule has 1 N–H and O–H groups in total. The highest BCUT2D eigenvalue weighted by atomic mass is 32.2. The number of anilines is 2. The Hall–Kier alpha value is -1.99. The van der Waals surface area contributed by atoms with Gasteiger partial charge in [-0.25, -0.2) is 8.42 Å². The van der Waals surface area contributed by atoms with Crippen molar-refractivity contribution in [2.45, 2.75) is 22.6 Å². The molecular formula is C20H22N2O3S2. The molecule has 0 aliphatic carbocycles. The minimum atomic E-state index is -3.03. The van der Waals surface area contributed by atoms with Crippen LogP contribution in [0.2, 0.25) is 0 Å². The molecule has 2 heterocycles. The van der Waals surface area contributed by atoms with Crippen molar-refractivity contribution in [3.05, 3.63) is 48.5 Å². The standard InChI is InChI=1S/C20H22N2O3S2/c23-20(15-10-13-27(24,25)14-15)21-11-5-12-22-16-6-1-3-8-18(16)26-19-9-4-2-7-17(19)22/h1-4,6-9,15H,5,10-14H2,(H,21,23). The summed E-state index contributed by atoms with van der Waals surface area (Å²) in [5.41, 5.74) is 2.38. The third kappa shape index (κ3) is 3.99. The summed E-state index contributed by atoms with van der Waals surface area (Å²) >= 11 is 1.78. The molecule has 0 bridgehead atoms. The van der Waals surface area contributed by atoms with Crippen LogP contribution in [0.25, 0.3) is 0 Å². The zero-order chi connectivity index (χ0) is 18.9. The summed E-state index contributed by atoms with van der Waals surface area (Å²) < 4.78 is 23.1. The molecule has 1 amide bonds. The van der Waals surface area contributed by atoms with Crippen molar-refractivity contribution in [3.63, 3.8) is 0 Å². The molecule has 4 rings (SSSR count). The van der Waals surface area contributed by atoms with Crippen LogP contribution in [0, 0.1) is 5.92 Å². The molecule has 1 unspecified atom stereocenters. The molecule has 2 aliphatic heterocycles. The molecule has 2 aliphatic rings. The van der Waals surface area contributed by atoms with Crippen molar-refractivity contribution >= 4 is 38.9 Å². The lowest BCUT2D eigenvalue weighted by molar-refractivity contribution is -0.124. The predicted octanol–water partition coefficient (Wildman–Crippen LogP) is 3.23. The highest BCUT2D eigenvalue weighted by molar-refractivity contribution is 7.99. The largest absolute Gasteiger partial charge is 0.356 e. The van der Waals surface area contributed by atoms with Gasteiger partial charge in [-0.3, -0.25) is 4.79 Å². The lowest BCUT2D eigenvalue weighted by Gasteiger charge is -2.32. The number of nitrogens with zero attached hydrogens (tertiary/aromatic N) is 1. The van der Waals surface area contributed by atoms with Crippen LogP contribution in [0.4, 0.5) is 11.4 Å². The zero-order valence-electron chi connectivity index (χ0n) is 14.9. The van der Waals surface area contributed by atoms with E-state index in [-0.39, 0.29) is 23.3 Å². The second-order valence-corrected chi connectivity index (χ2v) is 10.2. The van der Waals surface area contributed by atoms with Gasteiger partial charge in [-0.1, -0.05) is 36.0 Å². The van der Waals surface area contributed by atoms with E-state index >= 15 is 0 Å². The van der Waals surface area contributed by atoms with Gasteiger partial charge in [0, 0.05) is 22.9 Å². The van der Waals surface area contributed by atoms with Crippen LogP contribution in [0.3, 0.4) is 0 Å². The van der Waals surface area contributed by atoms with Crippen LogP contribution < -0.4 is 10.2 Å². The summed E-state index contributed by atoms with van der Waals surface area (Å²) in [5, 5.41) is 2.91. The van der Waals surface area contributed by atoms with Gasteiger partial charge in [-0.15, -0.1) is 0 Å². The summed E-state index contributed by atoms with van der Waals surface area (Å²) in [4.78, 5) is 17.0. The van der Waals surface area contributed by atoms with Crippen LogP contribution in [-0.2, 0) is 14.6 Å². The third-order valence-corrected chi connectivity index (χ3v) is 7.89. The first-order chi connectivity index (χ1) is 13.0. The molecule has 5 nitrogen and oxygen atoms in total. The van der Waals surface area contributed by atoms with Gasteiger partial charge in [0.2, 0.25) is 5.91 Å². The summed E-state index contributed by atoms with van der Waals surface area (Å²) in [6.45, 7) is 1.33. The van der Waals surface area contributed by atoms with Crippen LogP contribution in [-0.4, -0.2) is 38.9 Å². The van der Waals surface area contributed by atoms with E-state index in [2.05, 4.69) is 34.5 Å². The minimum absolute atomic E-state index is 0.0110. The fourth-order valence-electron chi connectivity index (χ4n) is 3.62. The lowest BCUT2D eigenvalue weighted by Crippen LogP contribution is -2.33. The number of fused-ring (bicyclic) bond motifs is 2. The third-order valence-electron chi connectivity index (χ3n) is 4.99. The molecule has 0 radical (unpaired) electrons. The monoisotopic (exact) mass is 402 g/mol. The Morgan fingerprint density at radius 2 is 1.70 bits per heavy atom. The number of para-hydroxylation sites is 2. The Balaban J connectivity index is 1.38. The van der Waals surface area contributed by atoms with E-state index in [1.54, 1.807) is 11.8 Å². The molecule has 1 saturated heterocycles. The van der Waals surface area contributed by atoms with Crippen molar-refractivity contribution in [2.24, 2.45) is 5.92 Å². The second kappa shape index (κ2) is 7.56. The molecule has 27 heavy (non-hydrogen) atoms. The lowest BCUT2D eigenvalue weighted by atomic mass is 10.1. The predicted molar refractivity (Wildman–Crippen MR) is 108 cm³/mol. The van der Waals surface area contributed by atoms with Crippen LogP contribution in [0.5, 0.6) is 0 Å². The molecule has 2 aromatic rings. The minimum Gasteiger partial charge on any atom is -0.356 e. The number of benzene rings is 2. The van der Waals surface area contributed by atoms with Crippen molar-refractivity contribution < 1.29 is 13.2 Å². The van der Waals surface area contributed by atoms with Crippen molar-refractivity contribution in [2.75, 3.05) is 29.5 Å². The first kappa shape index (κ1) is 18.4. The Bertz CT molecular complexity index is 914. The first-order valence-electron chi connectivity index (χ1n) is 9.15. The van der Waals surface area contributed by atoms with Gasteiger partial charge in [-0.2, -0.15) is 0 Å². The van der Waals surface area contributed by atoms with Crippen LogP contribution in [0.15, 0.2) is 58.3 Å². The van der Waals surface area contributed by atoms with E-state index in [9.17, 15) is 13.2 Å². The highest BCUT2D eigenvalue weighted by Gasteiger charge is 2.32. The van der Waals surface area contributed by atoms with Gasteiger partial charge in [0.25, 0.3) is 0 Å². The quantitative estimate of drug-likeness (QED) is 0.778. The van der Waals surface area contributed by atoms with Gasteiger partial charge in [0.15, 0.2) is 9.84 Å². The van der Waals surface area contributed by atoms with Gasteiger partial charge < -0.3 is 10.2 Å². The smallest absolute Gasteiger partial charge is 0.224 e. The first-order valence-corrected chi connectivity index (χ1v) is 11.8. The summed E-state index contributed by atoms with van der Waals surface area (Å²) in [6, 6.07) is 16.7. The van der Waals surface area contributed by atoms with Gasteiger partial charge in [-0.05, 0) is 37.1 Å². The summed E-state index contributed by atoms with van der Waals surface area (Å²) in [5.74, 6) is -0.401. The molecular weight excluding hydrogens is 380 g/mol. The Kier molecular flexibility index (Phi) is 5.14. The average molecular weight is 403 g/mol. The number of hydrogen-bond donors (Lipinski definition) is 1. The van der Waals surface area contributed by atoms with Crippen molar-refractivity contribution in [1.29, 1.82) is 0 Å².